The zero-order chi connectivity index (χ0) is 9.72. The van der Waals surface area contributed by atoms with Crippen LogP contribution in [-0.4, -0.2) is 11.8 Å². The first-order valence-corrected chi connectivity index (χ1v) is 4.67. The predicted molar refractivity (Wildman–Crippen MR) is 56.9 cm³/mol. The van der Waals surface area contributed by atoms with Crippen LogP contribution in [0.2, 0.25) is 0 Å². The molecule has 0 aromatic carbocycles. The number of nitrogens with zero attached hydrogens (tertiary/aromatic N) is 1. The average Bonchev–Trinajstić information content (AvgIpc) is 2.02. The van der Waals surface area contributed by atoms with Gasteiger partial charge in [0.15, 0.2) is 0 Å². The second-order valence-corrected chi connectivity index (χ2v) is 3.60. The van der Waals surface area contributed by atoms with Crippen LogP contribution < -0.4 is 0 Å². The van der Waals surface area contributed by atoms with E-state index in [4.69, 9.17) is 0 Å². The van der Waals surface area contributed by atoms with Gasteiger partial charge in [0.2, 0.25) is 0 Å². The minimum atomic E-state index is 0.458. The summed E-state index contributed by atoms with van der Waals surface area (Å²) < 4.78 is 0. The van der Waals surface area contributed by atoms with Crippen molar-refractivity contribution in [1.29, 1.82) is 0 Å². The van der Waals surface area contributed by atoms with Crippen LogP contribution in [0, 0.1) is 0 Å². The van der Waals surface area contributed by atoms with Crippen LogP contribution >= 0.6 is 0 Å². The van der Waals surface area contributed by atoms with Crippen molar-refractivity contribution in [3.05, 3.63) is 11.1 Å². The quantitative estimate of drug-likeness (QED) is 0.569. The third-order valence-electron chi connectivity index (χ3n) is 2.30. The molecule has 0 N–H and O–H groups in total. The first kappa shape index (κ1) is 11.4. The minimum absolute atomic E-state index is 0.458. The largest absolute Gasteiger partial charge is 0.287 e. The molecule has 0 aromatic rings. The second kappa shape index (κ2) is 5.13. The molecule has 0 fully saturated rings. The first-order valence-electron chi connectivity index (χ1n) is 4.67. The molecule has 0 aromatic heterocycles. The number of hydrogen-bond donors (Lipinski definition) is 0. The first-order chi connectivity index (χ1) is 5.49. The highest BCUT2D eigenvalue weighted by atomic mass is 14.8. The van der Waals surface area contributed by atoms with Gasteiger partial charge in [-0.05, 0) is 46.6 Å². The molecule has 70 valence electrons. The average molecular weight is 167 g/mol. The molecule has 0 saturated carbocycles. The lowest BCUT2D eigenvalue weighted by Crippen LogP contribution is -2.03. The summed E-state index contributed by atoms with van der Waals surface area (Å²) in [4.78, 5) is 4.58. The third kappa shape index (κ3) is 3.70. The Morgan fingerprint density at radius 1 is 1.17 bits per heavy atom. The molecule has 0 aliphatic heterocycles. The Morgan fingerprint density at radius 3 is 2.00 bits per heavy atom. The second-order valence-electron chi connectivity index (χ2n) is 3.60. The summed E-state index contributed by atoms with van der Waals surface area (Å²) >= 11 is 0. The van der Waals surface area contributed by atoms with Gasteiger partial charge >= 0.3 is 0 Å². The van der Waals surface area contributed by atoms with Gasteiger partial charge in [0.05, 0.1) is 0 Å². The number of allylic oxidation sites excluding steroid dienone is 2. The normalized spacial score (nSPS) is 14.3. The molecule has 0 aliphatic carbocycles. The summed E-state index contributed by atoms with van der Waals surface area (Å²) in [5.41, 5.74) is 3.87. The van der Waals surface area contributed by atoms with Crippen LogP contribution in [0.15, 0.2) is 16.1 Å². The summed E-state index contributed by atoms with van der Waals surface area (Å²) in [6.45, 7) is 12.8. The summed E-state index contributed by atoms with van der Waals surface area (Å²) in [6, 6.07) is 0.458. The number of rotatable bonds is 3. The van der Waals surface area contributed by atoms with Gasteiger partial charge in [0.1, 0.15) is 0 Å². The van der Waals surface area contributed by atoms with E-state index in [-0.39, 0.29) is 0 Å². The van der Waals surface area contributed by atoms with E-state index in [9.17, 15) is 0 Å². The summed E-state index contributed by atoms with van der Waals surface area (Å²) in [5.74, 6) is 0. The Bertz CT molecular complexity index is 195. The van der Waals surface area contributed by atoms with Crippen LogP contribution in [0.1, 0.15) is 48.0 Å². The molecular weight excluding hydrogens is 146 g/mol. The fourth-order valence-electron chi connectivity index (χ4n) is 0.880. The van der Waals surface area contributed by atoms with Gasteiger partial charge in [-0.3, -0.25) is 4.99 Å². The van der Waals surface area contributed by atoms with E-state index >= 15 is 0 Å². The smallest absolute Gasteiger partial charge is 0.0472 e. The van der Waals surface area contributed by atoms with E-state index in [1.807, 2.05) is 0 Å². The van der Waals surface area contributed by atoms with Crippen molar-refractivity contribution in [3.63, 3.8) is 0 Å². The molecule has 1 atom stereocenters. The van der Waals surface area contributed by atoms with Crippen LogP contribution in [0.5, 0.6) is 0 Å². The lowest BCUT2D eigenvalue weighted by atomic mass is 10.1. The maximum atomic E-state index is 4.58. The summed E-state index contributed by atoms with van der Waals surface area (Å²) in [7, 11) is 0. The topological polar surface area (TPSA) is 12.4 Å². The van der Waals surface area contributed by atoms with E-state index in [1.165, 1.54) is 16.9 Å². The molecule has 12 heavy (non-hydrogen) atoms. The highest BCUT2D eigenvalue weighted by molar-refractivity contribution is 5.98. The van der Waals surface area contributed by atoms with Crippen molar-refractivity contribution in [2.45, 2.75) is 54.0 Å². The van der Waals surface area contributed by atoms with Gasteiger partial charge in [-0.25, -0.2) is 0 Å². The van der Waals surface area contributed by atoms with Crippen molar-refractivity contribution in [2.75, 3.05) is 0 Å². The Hall–Kier alpha value is -0.590. The van der Waals surface area contributed by atoms with Crippen molar-refractivity contribution in [1.82, 2.24) is 0 Å². The zero-order valence-electron chi connectivity index (χ0n) is 9.23. The van der Waals surface area contributed by atoms with Crippen LogP contribution in [-0.2, 0) is 0 Å². The number of aliphatic imine (C=N–C) groups is 1. The summed E-state index contributed by atoms with van der Waals surface area (Å²) in [6.07, 6.45) is 1.12. The van der Waals surface area contributed by atoms with Crippen molar-refractivity contribution in [3.8, 4) is 0 Å². The van der Waals surface area contributed by atoms with Crippen LogP contribution in [0.4, 0.5) is 0 Å². The van der Waals surface area contributed by atoms with E-state index in [0.717, 1.165) is 6.42 Å². The maximum absolute atomic E-state index is 4.58. The van der Waals surface area contributed by atoms with E-state index < -0.39 is 0 Å². The molecule has 0 aliphatic rings. The highest BCUT2D eigenvalue weighted by Crippen LogP contribution is 2.06. The highest BCUT2D eigenvalue weighted by Gasteiger charge is 1.99. The molecular formula is C11H21N. The fourth-order valence-corrected chi connectivity index (χ4v) is 0.880. The van der Waals surface area contributed by atoms with E-state index in [2.05, 4.69) is 46.5 Å². The zero-order valence-corrected chi connectivity index (χ0v) is 9.23. The Labute approximate surface area is 76.6 Å². The lowest BCUT2D eigenvalue weighted by molar-refractivity contribution is 0.716. The molecule has 0 saturated heterocycles. The Kier molecular flexibility index (Phi) is 4.87. The molecule has 0 rings (SSSR count). The molecule has 0 spiro atoms. The van der Waals surface area contributed by atoms with Crippen LogP contribution in [0.3, 0.4) is 0 Å². The molecule has 0 amide bonds. The van der Waals surface area contributed by atoms with Crippen molar-refractivity contribution in [2.24, 2.45) is 4.99 Å². The minimum Gasteiger partial charge on any atom is -0.287 e. The predicted octanol–water partition coefficient (Wildman–Crippen LogP) is 3.60. The Morgan fingerprint density at radius 2 is 1.67 bits per heavy atom. The molecule has 1 heteroatoms. The van der Waals surface area contributed by atoms with E-state index in [1.54, 1.807) is 0 Å². The van der Waals surface area contributed by atoms with Gasteiger partial charge < -0.3 is 0 Å². The SMILES string of the molecule is CCC(C)/N=C(/C)C(C)=C(C)C. The van der Waals surface area contributed by atoms with E-state index in [0.29, 0.717) is 6.04 Å². The monoisotopic (exact) mass is 167 g/mol. The summed E-state index contributed by atoms with van der Waals surface area (Å²) in [5, 5.41) is 0. The van der Waals surface area contributed by atoms with Gasteiger partial charge in [-0.2, -0.15) is 0 Å². The molecule has 0 bridgehead atoms. The Balaban J connectivity index is 4.49. The number of hydrogen-bond acceptors (Lipinski definition) is 1. The van der Waals surface area contributed by atoms with Gasteiger partial charge in [-0.1, -0.05) is 12.5 Å². The molecule has 0 heterocycles. The van der Waals surface area contributed by atoms with Crippen LogP contribution in [0.25, 0.3) is 0 Å². The molecule has 0 radical (unpaired) electrons. The van der Waals surface area contributed by atoms with Crippen molar-refractivity contribution < 1.29 is 0 Å². The molecule has 1 nitrogen and oxygen atoms in total. The molecule has 1 unspecified atom stereocenters. The van der Waals surface area contributed by atoms with Gasteiger partial charge in [0, 0.05) is 11.8 Å². The third-order valence-corrected chi connectivity index (χ3v) is 2.30. The van der Waals surface area contributed by atoms with Gasteiger partial charge in [-0.15, -0.1) is 0 Å². The lowest BCUT2D eigenvalue weighted by Gasteiger charge is -2.07. The fraction of sp³-hybridized carbons (Fsp3) is 0.727. The standard InChI is InChI=1S/C11H21N/c1-7-9(4)12-11(6)10(5)8(2)3/h9H,7H2,1-6H3/b12-11-. The van der Waals surface area contributed by atoms with Gasteiger partial charge in [0.25, 0.3) is 0 Å². The van der Waals surface area contributed by atoms with Crippen molar-refractivity contribution >= 4 is 5.71 Å². The maximum Gasteiger partial charge on any atom is 0.0472 e.